The van der Waals surface area contributed by atoms with Gasteiger partial charge in [-0.15, -0.1) is 13.2 Å². The average Bonchev–Trinajstić information content (AvgIpc) is 2.91. The Labute approximate surface area is 231 Å². The molecule has 0 aliphatic heterocycles. The van der Waals surface area contributed by atoms with Crippen LogP contribution in [-0.4, -0.2) is 6.36 Å². The molecule has 0 bridgehead atoms. The van der Waals surface area contributed by atoms with Crippen LogP contribution in [0.4, 0.5) is 30.7 Å². The summed E-state index contributed by atoms with van der Waals surface area (Å²) in [5.41, 5.74) is 3.14. The van der Waals surface area contributed by atoms with Gasteiger partial charge in [-0.3, -0.25) is 0 Å². The molecule has 5 rings (SSSR count). The van der Waals surface area contributed by atoms with Crippen molar-refractivity contribution < 1.29 is 35.5 Å². The second-order valence-corrected chi connectivity index (χ2v) is 9.68. The van der Waals surface area contributed by atoms with Gasteiger partial charge in [0.25, 0.3) is 0 Å². The van der Waals surface area contributed by atoms with Gasteiger partial charge >= 0.3 is 12.5 Å². The van der Waals surface area contributed by atoms with Crippen molar-refractivity contribution in [2.75, 3.05) is 0 Å². The maximum atomic E-state index is 14.4. The first-order valence-corrected chi connectivity index (χ1v) is 12.8. The normalized spacial score (nSPS) is 12.2. The van der Waals surface area contributed by atoms with E-state index in [1.807, 2.05) is 24.3 Å². The van der Waals surface area contributed by atoms with Crippen LogP contribution in [0.5, 0.6) is 0 Å². The fourth-order valence-corrected chi connectivity index (χ4v) is 4.84. The quantitative estimate of drug-likeness (QED) is 0.178. The Bertz CT molecular complexity index is 1670. The van der Waals surface area contributed by atoms with E-state index < -0.39 is 29.7 Å². The Hall–Kier alpha value is -4.17. The van der Waals surface area contributed by atoms with E-state index in [0.29, 0.717) is 12.1 Å². The number of alkyl halides is 5. The third-order valence-electron chi connectivity index (χ3n) is 6.79. The van der Waals surface area contributed by atoms with E-state index in [4.69, 9.17) is 0 Å². The fraction of sp³-hybridized carbons (Fsp3) is 0.152. The topological polar surface area (TPSA) is 9.23 Å². The molecule has 0 atom stereocenters. The minimum absolute atomic E-state index is 0.119. The first kappa shape index (κ1) is 28.4. The van der Waals surface area contributed by atoms with E-state index in [2.05, 4.69) is 48.1 Å². The number of benzene rings is 5. The maximum Gasteiger partial charge on any atom is 0.527 e. The third-order valence-corrected chi connectivity index (χ3v) is 6.79. The number of hydrogen-bond donors (Lipinski definition) is 0. The zero-order valence-corrected chi connectivity index (χ0v) is 21.7. The molecule has 0 heterocycles. The van der Waals surface area contributed by atoms with Crippen molar-refractivity contribution >= 4 is 10.8 Å². The van der Waals surface area contributed by atoms with Crippen LogP contribution in [0.2, 0.25) is 0 Å². The second-order valence-electron chi connectivity index (χ2n) is 9.68. The van der Waals surface area contributed by atoms with E-state index >= 15 is 0 Å². The molecule has 0 aliphatic rings. The summed E-state index contributed by atoms with van der Waals surface area (Å²) in [6.45, 7) is 2.15. The number of ether oxygens (including phenoxy) is 1. The number of rotatable bonds is 7. The standard InChI is InChI=1S/C33H23F7O/c1-2-3-20-4-5-27-17-26(15-14-25(27)16-20)23-10-6-21(7-11-23)22-8-12-24(13-9-22)28-18-29(34)31(30(35)19-28)32(36,37)41-33(38,39)40/h4-19H,2-3H2,1H3. The summed E-state index contributed by atoms with van der Waals surface area (Å²) in [7, 11) is 0. The van der Waals surface area contributed by atoms with Crippen molar-refractivity contribution in [2.24, 2.45) is 0 Å². The van der Waals surface area contributed by atoms with Crippen molar-refractivity contribution in [3.05, 3.63) is 120 Å². The lowest BCUT2D eigenvalue weighted by Crippen LogP contribution is -2.29. The van der Waals surface area contributed by atoms with Crippen LogP contribution < -0.4 is 0 Å². The summed E-state index contributed by atoms with van der Waals surface area (Å²) in [4.78, 5) is 0. The highest BCUT2D eigenvalue weighted by molar-refractivity contribution is 5.88. The number of fused-ring (bicyclic) bond motifs is 1. The Morgan fingerprint density at radius 3 is 1.49 bits per heavy atom. The SMILES string of the molecule is CCCc1ccc2cc(-c3ccc(-c4ccc(-c5cc(F)c(C(F)(F)OC(F)(F)F)c(F)c5)cc4)cc3)ccc2c1. The predicted molar refractivity (Wildman–Crippen MR) is 145 cm³/mol. The second kappa shape index (κ2) is 11.0. The van der Waals surface area contributed by atoms with Crippen LogP contribution in [0.15, 0.2) is 97.1 Å². The fourth-order valence-electron chi connectivity index (χ4n) is 4.84. The van der Waals surface area contributed by atoms with Crippen molar-refractivity contribution in [2.45, 2.75) is 32.2 Å². The molecule has 0 saturated carbocycles. The van der Waals surface area contributed by atoms with Gasteiger partial charge in [-0.2, -0.15) is 8.78 Å². The van der Waals surface area contributed by atoms with E-state index in [1.54, 1.807) is 12.1 Å². The molecule has 0 spiro atoms. The summed E-state index contributed by atoms with van der Waals surface area (Å²) in [5, 5.41) is 2.34. The lowest BCUT2D eigenvalue weighted by atomic mass is 9.96. The van der Waals surface area contributed by atoms with Crippen LogP contribution in [0.25, 0.3) is 44.2 Å². The Kier molecular flexibility index (Phi) is 7.62. The summed E-state index contributed by atoms with van der Waals surface area (Å²) < 4.78 is 95.7. The van der Waals surface area contributed by atoms with Crippen LogP contribution in [0.1, 0.15) is 24.5 Å². The van der Waals surface area contributed by atoms with Gasteiger partial charge in [-0.05, 0) is 74.3 Å². The Morgan fingerprint density at radius 1 is 0.537 bits per heavy atom. The van der Waals surface area contributed by atoms with Gasteiger partial charge < -0.3 is 0 Å². The molecule has 1 nitrogen and oxygen atoms in total. The lowest BCUT2D eigenvalue weighted by molar-refractivity contribution is -0.432. The average molecular weight is 569 g/mol. The summed E-state index contributed by atoms with van der Waals surface area (Å²) in [5.74, 6) is -3.71. The molecular weight excluding hydrogens is 545 g/mol. The molecule has 0 fully saturated rings. The molecular formula is C33H23F7O. The van der Waals surface area contributed by atoms with Gasteiger partial charge in [0.1, 0.15) is 17.2 Å². The van der Waals surface area contributed by atoms with Gasteiger partial charge in [0, 0.05) is 0 Å². The van der Waals surface area contributed by atoms with E-state index in [0.717, 1.165) is 40.5 Å². The molecule has 0 unspecified atom stereocenters. The van der Waals surface area contributed by atoms with Gasteiger partial charge in [-0.1, -0.05) is 92.2 Å². The molecule has 0 saturated heterocycles. The molecule has 0 aliphatic carbocycles. The van der Waals surface area contributed by atoms with Crippen LogP contribution in [-0.2, 0) is 17.3 Å². The maximum absolute atomic E-state index is 14.4. The van der Waals surface area contributed by atoms with E-state index in [1.165, 1.54) is 23.1 Å². The molecule has 210 valence electrons. The summed E-state index contributed by atoms with van der Waals surface area (Å²) in [6.07, 6.45) is -8.89. The largest absolute Gasteiger partial charge is 0.527 e. The molecule has 41 heavy (non-hydrogen) atoms. The highest BCUT2D eigenvalue weighted by atomic mass is 19.4. The Morgan fingerprint density at radius 2 is 0.976 bits per heavy atom. The van der Waals surface area contributed by atoms with Crippen LogP contribution >= 0.6 is 0 Å². The molecule has 0 aromatic heterocycles. The molecule has 5 aromatic rings. The molecule has 0 radical (unpaired) electrons. The zero-order chi connectivity index (χ0) is 29.4. The monoisotopic (exact) mass is 568 g/mol. The number of halogens is 7. The zero-order valence-electron chi connectivity index (χ0n) is 21.7. The smallest absolute Gasteiger partial charge is 0.222 e. The van der Waals surface area contributed by atoms with Gasteiger partial charge in [0.05, 0.1) is 0 Å². The first-order valence-electron chi connectivity index (χ1n) is 12.8. The van der Waals surface area contributed by atoms with Gasteiger partial charge in [-0.25, -0.2) is 13.5 Å². The third kappa shape index (κ3) is 6.28. The van der Waals surface area contributed by atoms with Crippen LogP contribution in [0.3, 0.4) is 0 Å². The Balaban J connectivity index is 1.35. The van der Waals surface area contributed by atoms with E-state index in [9.17, 15) is 30.7 Å². The van der Waals surface area contributed by atoms with Crippen molar-refractivity contribution in [3.63, 3.8) is 0 Å². The molecule has 0 N–H and O–H groups in total. The predicted octanol–water partition coefficient (Wildman–Crippen LogP) is 10.7. The summed E-state index contributed by atoms with van der Waals surface area (Å²) >= 11 is 0. The van der Waals surface area contributed by atoms with Crippen molar-refractivity contribution in [3.8, 4) is 33.4 Å². The molecule has 5 aromatic carbocycles. The highest BCUT2D eigenvalue weighted by Gasteiger charge is 2.49. The first-order chi connectivity index (χ1) is 19.4. The minimum Gasteiger partial charge on any atom is -0.222 e. The molecule has 0 amide bonds. The van der Waals surface area contributed by atoms with Crippen molar-refractivity contribution in [1.82, 2.24) is 0 Å². The van der Waals surface area contributed by atoms with Gasteiger partial charge in [0.15, 0.2) is 0 Å². The van der Waals surface area contributed by atoms with E-state index in [-0.39, 0.29) is 11.1 Å². The number of hydrogen-bond acceptors (Lipinski definition) is 1. The lowest BCUT2D eigenvalue weighted by Gasteiger charge is -2.20. The summed E-state index contributed by atoms with van der Waals surface area (Å²) in [6, 6.07) is 28.2. The van der Waals surface area contributed by atoms with Crippen LogP contribution in [0, 0.1) is 11.6 Å². The van der Waals surface area contributed by atoms with Crippen molar-refractivity contribution in [1.29, 1.82) is 0 Å². The van der Waals surface area contributed by atoms with Gasteiger partial charge in [0.2, 0.25) is 0 Å². The minimum atomic E-state index is -5.79. The molecule has 8 heteroatoms. The number of aryl methyl sites for hydroxylation is 1. The highest BCUT2D eigenvalue weighted by Crippen LogP contribution is 2.40.